The van der Waals surface area contributed by atoms with Crippen LogP contribution in [0.15, 0.2) is 36.7 Å². The summed E-state index contributed by atoms with van der Waals surface area (Å²) in [5.74, 6) is 0.338. The third-order valence-electron chi connectivity index (χ3n) is 5.13. The van der Waals surface area contributed by atoms with Gasteiger partial charge in [-0.3, -0.25) is 14.5 Å². The summed E-state index contributed by atoms with van der Waals surface area (Å²) in [5.41, 5.74) is 1.45. The molecule has 7 nitrogen and oxygen atoms in total. The molecule has 0 N–H and O–H groups in total. The molecule has 1 aromatic carbocycles. The van der Waals surface area contributed by atoms with Crippen LogP contribution in [0.4, 0.5) is 11.6 Å². The first kappa shape index (κ1) is 17.9. The van der Waals surface area contributed by atoms with Crippen molar-refractivity contribution in [3.8, 4) is 0 Å². The van der Waals surface area contributed by atoms with E-state index in [1.807, 2.05) is 13.0 Å². The molecule has 2 aliphatic heterocycles. The number of imide groups is 1. The summed E-state index contributed by atoms with van der Waals surface area (Å²) in [6.45, 7) is 4.70. The predicted octanol–water partition coefficient (Wildman–Crippen LogP) is 1.89. The summed E-state index contributed by atoms with van der Waals surface area (Å²) in [7, 11) is 0. The zero-order valence-electron chi connectivity index (χ0n) is 15.0. The summed E-state index contributed by atoms with van der Waals surface area (Å²) in [4.78, 5) is 39.5. The van der Waals surface area contributed by atoms with Gasteiger partial charge in [0.2, 0.25) is 11.9 Å². The first-order valence-corrected chi connectivity index (χ1v) is 9.31. The van der Waals surface area contributed by atoms with E-state index >= 15 is 0 Å². The van der Waals surface area contributed by atoms with Gasteiger partial charge < -0.3 is 4.90 Å². The Bertz CT molecular complexity index is 868. The molecule has 0 unspecified atom stereocenters. The van der Waals surface area contributed by atoms with Gasteiger partial charge in [0.25, 0.3) is 5.91 Å². The molecular formula is C19H20ClN5O2. The van der Waals surface area contributed by atoms with E-state index in [0.29, 0.717) is 29.7 Å². The fraction of sp³-hybridized carbons (Fsp3) is 0.368. The molecule has 2 fully saturated rings. The van der Waals surface area contributed by atoms with Gasteiger partial charge in [-0.05, 0) is 30.7 Å². The second kappa shape index (κ2) is 7.25. The highest BCUT2D eigenvalue weighted by atomic mass is 35.5. The van der Waals surface area contributed by atoms with Gasteiger partial charge in [-0.1, -0.05) is 17.7 Å². The standard InChI is InChI=1S/C19H20ClN5O2/c1-13-3-4-14(11-15(13)20)25-17(26)12-16(18(25)27)23-7-9-24(10-8-23)19-21-5-2-6-22-19/h2-6,11,16H,7-10,12H2,1H3/t16-/m0/s1. The third kappa shape index (κ3) is 3.40. The number of carbonyl (C=O) groups is 2. The summed E-state index contributed by atoms with van der Waals surface area (Å²) >= 11 is 6.17. The van der Waals surface area contributed by atoms with Crippen LogP contribution >= 0.6 is 11.6 Å². The van der Waals surface area contributed by atoms with Crippen molar-refractivity contribution in [2.24, 2.45) is 0 Å². The van der Waals surface area contributed by atoms with Gasteiger partial charge in [0.1, 0.15) is 0 Å². The van der Waals surface area contributed by atoms with Gasteiger partial charge in [-0.2, -0.15) is 0 Å². The lowest BCUT2D eigenvalue weighted by Gasteiger charge is -2.36. The van der Waals surface area contributed by atoms with Crippen molar-refractivity contribution >= 4 is 35.1 Å². The van der Waals surface area contributed by atoms with Gasteiger partial charge >= 0.3 is 0 Å². The lowest BCUT2D eigenvalue weighted by Crippen LogP contribution is -2.53. The second-order valence-electron chi connectivity index (χ2n) is 6.79. The normalized spacial score (nSPS) is 21.2. The molecule has 140 valence electrons. The topological polar surface area (TPSA) is 69.6 Å². The Balaban J connectivity index is 1.45. The molecule has 3 heterocycles. The predicted molar refractivity (Wildman–Crippen MR) is 103 cm³/mol. The lowest BCUT2D eigenvalue weighted by atomic mass is 10.1. The smallest absolute Gasteiger partial charge is 0.251 e. The number of hydrogen-bond donors (Lipinski definition) is 0. The molecule has 2 aliphatic rings. The first-order chi connectivity index (χ1) is 13.0. The van der Waals surface area contributed by atoms with Crippen LogP contribution in [0.1, 0.15) is 12.0 Å². The van der Waals surface area contributed by atoms with E-state index in [-0.39, 0.29) is 18.2 Å². The molecule has 2 saturated heterocycles. The van der Waals surface area contributed by atoms with Crippen molar-refractivity contribution in [2.45, 2.75) is 19.4 Å². The third-order valence-corrected chi connectivity index (χ3v) is 5.53. The summed E-state index contributed by atoms with van der Waals surface area (Å²) in [6.07, 6.45) is 3.64. The Morgan fingerprint density at radius 2 is 1.78 bits per heavy atom. The van der Waals surface area contributed by atoms with Gasteiger partial charge in [-0.15, -0.1) is 0 Å². The maximum atomic E-state index is 12.9. The van der Waals surface area contributed by atoms with Crippen LogP contribution in [0.3, 0.4) is 0 Å². The van der Waals surface area contributed by atoms with Crippen LogP contribution in [0.5, 0.6) is 0 Å². The number of aromatic nitrogens is 2. The summed E-state index contributed by atoms with van der Waals surface area (Å²) in [6, 6.07) is 6.64. The SMILES string of the molecule is Cc1ccc(N2C(=O)C[C@H](N3CCN(c4ncccn4)CC3)C2=O)cc1Cl. The van der Waals surface area contributed by atoms with Gasteiger partial charge in [0, 0.05) is 43.6 Å². The van der Waals surface area contributed by atoms with Crippen LogP contribution in [-0.2, 0) is 9.59 Å². The summed E-state index contributed by atoms with van der Waals surface area (Å²) in [5, 5.41) is 0.549. The Morgan fingerprint density at radius 1 is 1.07 bits per heavy atom. The maximum absolute atomic E-state index is 12.9. The van der Waals surface area contributed by atoms with Crippen molar-refractivity contribution in [3.63, 3.8) is 0 Å². The van der Waals surface area contributed by atoms with Crippen molar-refractivity contribution in [3.05, 3.63) is 47.2 Å². The number of benzene rings is 1. The number of anilines is 2. The molecule has 4 rings (SSSR count). The number of piperazine rings is 1. The summed E-state index contributed by atoms with van der Waals surface area (Å²) < 4.78 is 0. The van der Waals surface area contributed by atoms with Crippen LogP contribution in [0.2, 0.25) is 5.02 Å². The number of halogens is 1. The van der Waals surface area contributed by atoms with Crippen LogP contribution in [0.25, 0.3) is 0 Å². The van der Waals surface area contributed by atoms with Crippen LogP contribution in [-0.4, -0.2) is 58.9 Å². The first-order valence-electron chi connectivity index (χ1n) is 8.93. The van der Waals surface area contributed by atoms with E-state index in [1.165, 1.54) is 4.90 Å². The average molecular weight is 386 g/mol. The van der Waals surface area contributed by atoms with Crippen LogP contribution in [0, 0.1) is 6.92 Å². The average Bonchev–Trinajstić information content (AvgIpc) is 2.99. The zero-order chi connectivity index (χ0) is 19.0. The molecule has 2 aromatic rings. The lowest BCUT2D eigenvalue weighted by molar-refractivity contribution is -0.123. The van der Waals surface area contributed by atoms with E-state index < -0.39 is 6.04 Å². The highest BCUT2D eigenvalue weighted by Crippen LogP contribution is 2.29. The highest BCUT2D eigenvalue weighted by Gasteiger charge is 2.43. The van der Waals surface area contributed by atoms with Crippen molar-refractivity contribution in [1.29, 1.82) is 0 Å². The maximum Gasteiger partial charge on any atom is 0.251 e. The Kier molecular flexibility index (Phi) is 4.80. The number of nitrogens with zero attached hydrogens (tertiary/aromatic N) is 5. The molecule has 1 aromatic heterocycles. The van der Waals surface area contributed by atoms with Crippen molar-refractivity contribution in [1.82, 2.24) is 14.9 Å². The minimum absolute atomic E-state index is 0.177. The van der Waals surface area contributed by atoms with Gasteiger partial charge in [0.05, 0.1) is 18.2 Å². The van der Waals surface area contributed by atoms with E-state index in [1.54, 1.807) is 30.6 Å². The minimum atomic E-state index is -0.420. The molecule has 27 heavy (non-hydrogen) atoms. The van der Waals surface area contributed by atoms with E-state index in [9.17, 15) is 9.59 Å². The molecule has 0 aliphatic carbocycles. The van der Waals surface area contributed by atoms with Gasteiger partial charge in [0.15, 0.2) is 0 Å². The van der Waals surface area contributed by atoms with Crippen molar-refractivity contribution < 1.29 is 9.59 Å². The van der Waals surface area contributed by atoms with E-state index in [4.69, 9.17) is 11.6 Å². The quantitative estimate of drug-likeness (QED) is 0.751. The molecule has 8 heteroatoms. The van der Waals surface area contributed by atoms with Crippen LogP contribution < -0.4 is 9.80 Å². The Labute approximate surface area is 162 Å². The molecule has 1 atom stereocenters. The second-order valence-corrected chi connectivity index (χ2v) is 7.20. The van der Waals surface area contributed by atoms with Gasteiger partial charge in [-0.25, -0.2) is 14.9 Å². The molecular weight excluding hydrogens is 366 g/mol. The monoisotopic (exact) mass is 385 g/mol. The Morgan fingerprint density at radius 3 is 2.44 bits per heavy atom. The number of aryl methyl sites for hydroxylation is 1. The van der Waals surface area contributed by atoms with Crippen molar-refractivity contribution in [2.75, 3.05) is 36.0 Å². The highest BCUT2D eigenvalue weighted by molar-refractivity contribution is 6.32. The number of hydrogen-bond acceptors (Lipinski definition) is 6. The Hall–Kier alpha value is -2.51. The molecule has 0 bridgehead atoms. The molecule has 0 spiro atoms. The number of amides is 2. The number of rotatable bonds is 3. The minimum Gasteiger partial charge on any atom is -0.338 e. The number of carbonyl (C=O) groups excluding carboxylic acids is 2. The zero-order valence-corrected chi connectivity index (χ0v) is 15.8. The van der Waals surface area contributed by atoms with E-state index in [0.717, 1.165) is 18.7 Å². The molecule has 2 amide bonds. The molecule has 0 radical (unpaired) electrons. The van der Waals surface area contributed by atoms with E-state index in [2.05, 4.69) is 19.8 Å². The fourth-order valence-electron chi connectivity index (χ4n) is 3.58. The largest absolute Gasteiger partial charge is 0.338 e. The fourth-order valence-corrected chi connectivity index (χ4v) is 3.76. The molecule has 0 saturated carbocycles.